The van der Waals surface area contributed by atoms with E-state index in [4.69, 9.17) is 9.52 Å². The second-order valence-electron chi connectivity index (χ2n) is 3.63. The number of fused-ring (bicyclic) bond motifs is 1. The summed E-state index contributed by atoms with van der Waals surface area (Å²) in [6.07, 6.45) is 4.93. The second kappa shape index (κ2) is 5.10. The van der Waals surface area contributed by atoms with Crippen LogP contribution in [0.1, 0.15) is 22.5 Å². The van der Waals surface area contributed by atoms with Crippen LogP contribution in [0.2, 0.25) is 0 Å². The van der Waals surface area contributed by atoms with E-state index in [9.17, 15) is 4.79 Å². The average Bonchev–Trinajstić information content (AvgIpc) is 2.72. The molecule has 2 aromatic rings. The smallest absolute Gasteiger partial charge is 0.371 e. The first kappa shape index (κ1) is 11.8. The van der Waals surface area contributed by atoms with Gasteiger partial charge in [-0.3, -0.25) is 0 Å². The normalized spacial score (nSPS) is 11.4. The molecule has 0 aliphatic heterocycles. The van der Waals surface area contributed by atoms with Crippen LogP contribution in [0.3, 0.4) is 0 Å². The number of rotatable bonds is 4. The van der Waals surface area contributed by atoms with Gasteiger partial charge in [-0.15, -0.1) is 0 Å². The molecule has 1 aromatic carbocycles. The Balaban J connectivity index is 2.33. The van der Waals surface area contributed by atoms with Gasteiger partial charge in [0.2, 0.25) is 5.76 Å². The van der Waals surface area contributed by atoms with E-state index in [0.717, 1.165) is 23.1 Å². The molecule has 1 heterocycles. The van der Waals surface area contributed by atoms with Gasteiger partial charge in [0, 0.05) is 5.39 Å². The zero-order valence-corrected chi connectivity index (χ0v) is 9.98. The fourth-order valence-electron chi connectivity index (χ4n) is 1.56. The Morgan fingerprint density at radius 3 is 2.94 bits per heavy atom. The van der Waals surface area contributed by atoms with Gasteiger partial charge < -0.3 is 9.52 Å². The maximum Gasteiger partial charge on any atom is 0.371 e. The van der Waals surface area contributed by atoms with Crippen molar-refractivity contribution in [2.24, 2.45) is 0 Å². The molecule has 0 atom stereocenters. The molecule has 88 valence electrons. The first-order valence-electron chi connectivity index (χ1n) is 5.25. The van der Waals surface area contributed by atoms with Crippen LogP contribution in [0.5, 0.6) is 0 Å². The van der Waals surface area contributed by atoms with Crippen LogP contribution in [0.15, 0.2) is 34.8 Å². The highest BCUT2D eigenvalue weighted by molar-refractivity contribution is 7.80. The molecule has 0 unspecified atom stereocenters. The second-order valence-corrected chi connectivity index (χ2v) is 4.07. The third-order valence-corrected chi connectivity index (χ3v) is 2.62. The van der Waals surface area contributed by atoms with Gasteiger partial charge in [-0.2, -0.15) is 12.6 Å². The minimum Gasteiger partial charge on any atom is -0.475 e. The lowest BCUT2D eigenvalue weighted by atomic mass is 10.1. The van der Waals surface area contributed by atoms with Gasteiger partial charge in [0.1, 0.15) is 5.58 Å². The van der Waals surface area contributed by atoms with Gasteiger partial charge in [0.05, 0.1) is 0 Å². The monoisotopic (exact) mass is 248 g/mol. The molecule has 0 saturated heterocycles. The summed E-state index contributed by atoms with van der Waals surface area (Å²) >= 11 is 4.12. The molecule has 0 amide bonds. The van der Waals surface area contributed by atoms with Crippen LogP contribution in [-0.4, -0.2) is 16.8 Å². The molecule has 0 bridgehead atoms. The Labute approximate surface area is 104 Å². The van der Waals surface area contributed by atoms with E-state index in [1.165, 1.54) is 6.07 Å². The SMILES string of the molecule is O=C(O)c1cc2cc(C=CCCS)ccc2o1. The third kappa shape index (κ3) is 2.71. The predicted octanol–water partition coefficient (Wildman–Crippen LogP) is 3.46. The summed E-state index contributed by atoms with van der Waals surface area (Å²) < 4.78 is 5.17. The standard InChI is InChI=1S/C13H12O3S/c14-13(15)12-8-10-7-9(3-1-2-6-17)4-5-11(10)16-12/h1,3-5,7-8,17H,2,6H2,(H,14,15). The highest BCUT2D eigenvalue weighted by Crippen LogP contribution is 2.21. The fraction of sp³-hybridized carbons (Fsp3) is 0.154. The summed E-state index contributed by atoms with van der Waals surface area (Å²) in [6, 6.07) is 7.11. The summed E-state index contributed by atoms with van der Waals surface area (Å²) in [5, 5.41) is 9.61. The predicted molar refractivity (Wildman–Crippen MR) is 70.7 cm³/mol. The van der Waals surface area contributed by atoms with Crippen molar-refractivity contribution in [1.82, 2.24) is 0 Å². The molecular weight excluding hydrogens is 236 g/mol. The highest BCUT2D eigenvalue weighted by atomic mass is 32.1. The first-order chi connectivity index (χ1) is 8.20. The lowest BCUT2D eigenvalue weighted by Crippen LogP contribution is -1.91. The number of carboxylic acid groups (broad SMARTS) is 1. The van der Waals surface area contributed by atoms with Gasteiger partial charge in [-0.1, -0.05) is 18.2 Å². The maximum absolute atomic E-state index is 10.8. The first-order valence-corrected chi connectivity index (χ1v) is 5.88. The number of allylic oxidation sites excluding steroid dienone is 1. The molecule has 4 heteroatoms. The van der Waals surface area contributed by atoms with Crippen LogP contribution in [-0.2, 0) is 0 Å². The number of benzene rings is 1. The van der Waals surface area contributed by atoms with Gasteiger partial charge in [-0.05, 0) is 35.9 Å². The van der Waals surface area contributed by atoms with Crippen molar-refractivity contribution < 1.29 is 14.3 Å². The van der Waals surface area contributed by atoms with E-state index in [2.05, 4.69) is 12.6 Å². The van der Waals surface area contributed by atoms with Crippen molar-refractivity contribution in [3.05, 3.63) is 41.7 Å². The fourth-order valence-corrected chi connectivity index (χ4v) is 1.71. The number of carboxylic acids is 1. The van der Waals surface area contributed by atoms with E-state index >= 15 is 0 Å². The number of hydrogen-bond acceptors (Lipinski definition) is 3. The van der Waals surface area contributed by atoms with Crippen molar-refractivity contribution in [1.29, 1.82) is 0 Å². The molecule has 1 N–H and O–H groups in total. The van der Waals surface area contributed by atoms with Crippen molar-refractivity contribution in [3.63, 3.8) is 0 Å². The minimum absolute atomic E-state index is 0.0310. The number of aromatic carboxylic acids is 1. The Bertz CT molecular complexity index is 569. The van der Waals surface area contributed by atoms with Gasteiger partial charge in [-0.25, -0.2) is 4.79 Å². The summed E-state index contributed by atoms with van der Waals surface area (Å²) in [5.41, 5.74) is 1.62. The maximum atomic E-state index is 10.8. The van der Waals surface area contributed by atoms with Crippen molar-refractivity contribution in [3.8, 4) is 0 Å². The van der Waals surface area contributed by atoms with E-state index in [1.807, 2.05) is 24.3 Å². The topological polar surface area (TPSA) is 50.4 Å². The van der Waals surface area contributed by atoms with E-state index in [0.29, 0.717) is 5.58 Å². The number of hydrogen-bond donors (Lipinski definition) is 2. The van der Waals surface area contributed by atoms with Gasteiger partial charge >= 0.3 is 5.97 Å². The molecule has 17 heavy (non-hydrogen) atoms. The Kier molecular flexibility index (Phi) is 3.54. The molecule has 1 aromatic heterocycles. The minimum atomic E-state index is -1.05. The number of thiol groups is 1. The van der Waals surface area contributed by atoms with Crippen LogP contribution in [0.4, 0.5) is 0 Å². The Morgan fingerprint density at radius 2 is 2.24 bits per heavy atom. The molecule has 0 radical (unpaired) electrons. The average molecular weight is 248 g/mol. The van der Waals surface area contributed by atoms with Crippen LogP contribution >= 0.6 is 12.6 Å². The van der Waals surface area contributed by atoms with Crippen molar-refractivity contribution in [2.75, 3.05) is 5.75 Å². The zero-order valence-electron chi connectivity index (χ0n) is 9.09. The third-order valence-electron chi connectivity index (χ3n) is 2.36. The summed E-state index contributed by atoms with van der Waals surface area (Å²) in [7, 11) is 0. The quantitative estimate of drug-likeness (QED) is 0.815. The molecule has 0 aliphatic carbocycles. The highest BCUT2D eigenvalue weighted by Gasteiger charge is 2.09. The van der Waals surface area contributed by atoms with Crippen molar-refractivity contribution >= 4 is 35.6 Å². The molecule has 0 fully saturated rings. The summed E-state index contributed by atoms with van der Waals surface area (Å²) in [5.74, 6) is -0.266. The number of furan rings is 1. The molecular formula is C13H12O3S. The largest absolute Gasteiger partial charge is 0.475 e. The van der Waals surface area contributed by atoms with Gasteiger partial charge in [0.15, 0.2) is 0 Å². The zero-order chi connectivity index (χ0) is 12.3. The Morgan fingerprint density at radius 1 is 1.41 bits per heavy atom. The lowest BCUT2D eigenvalue weighted by molar-refractivity contribution is 0.0665. The summed E-state index contributed by atoms with van der Waals surface area (Å²) in [4.78, 5) is 10.8. The molecule has 2 rings (SSSR count). The molecule has 0 saturated carbocycles. The van der Waals surface area contributed by atoms with E-state index < -0.39 is 5.97 Å². The molecule has 0 aliphatic rings. The van der Waals surface area contributed by atoms with E-state index in [-0.39, 0.29) is 5.76 Å². The summed E-state index contributed by atoms with van der Waals surface area (Å²) in [6.45, 7) is 0. The van der Waals surface area contributed by atoms with Gasteiger partial charge in [0.25, 0.3) is 0 Å². The van der Waals surface area contributed by atoms with Crippen LogP contribution in [0.25, 0.3) is 17.0 Å². The van der Waals surface area contributed by atoms with Crippen LogP contribution in [0, 0.1) is 0 Å². The van der Waals surface area contributed by atoms with E-state index in [1.54, 1.807) is 6.07 Å². The molecule has 3 nitrogen and oxygen atoms in total. The molecule has 0 spiro atoms. The lowest BCUT2D eigenvalue weighted by Gasteiger charge is -1.93. The Hall–Kier alpha value is -1.68. The number of carbonyl (C=O) groups is 1. The van der Waals surface area contributed by atoms with Crippen LogP contribution < -0.4 is 0 Å². The van der Waals surface area contributed by atoms with Crippen molar-refractivity contribution in [2.45, 2.75) is 6.42 Å².